The van der Waals surface area contributed by atoms with Gasteiger partial charge in [-0.15, -0.1) is 10.2 Å². The molecule has 7 heteroatoms. The maximum Gasteiger partial charge on any atom is 0.248 e. The molecule has 0 atom stereocenters. The number of aryl methyl sites for hydroxylation is 1. The predicted octanol–water partition coefficient (Wildman–Crippen LogP) is 3.57. The van der Waals surface area contributed by atoms with E-state index in [1.807, 2.05) is 12.1 Å². The van der Waals surface area contributed by atoms with Crippen molar-refractivity contribution < 1.29 is 4.79 Å². The van der Waals surface area contributed by atoms with Gasteiger partial charge >= 0.3 is 0 Å². The minimum atomic E-state index is -0.409. The van der Waals surface area contributed by atoms with Gasteiger partial charge in [0, 0.05) is 24.4 Å². The number of thioether (sulfide) groups is 1. The van der Waals surface area contributed by atoms with Crippen LogP contribution in [0.25, 0.3) is 5.69 Å². The smallest absolute Gasteiger partial charge is 0.248 e. The standard InChI is InChI=1S/C21H23N5OS/c1-15-4-10-18(11-5-15)26-20(25-12-2-3-13-25)23-24-21(26)28-14-16-6-8-17(9-7-16)19(22)27/h4-11H,2-3,12-14H2,1H3,(H2,22,27). The van der Waals surface area contributed by atoms with Crippen molar-refractivity contribution in [2.75, 3.05) is 18.0 Å². The molecule has 1 fully saturated rings. The molecule has 2 aromatic carbocycles. The number of aromatic nitrogens is 3. The topological polar surface area (TPSA) is 77.0 Å². The number of primary amides is 1. The number of nitrogens with two attached hydrogens (primary N) is 1. The normalized spacial score (nSPS) is 13.8. The lowest BCUT2D eigenvalue weighted by Gasteiger charge is -2.18. The van der Waals surface area contributed by atoms with E-state index < -0.39 is 5.91 Å². The van der Waals surface area contributed by atoms with Gasteiger partial charge in [-0.05, 0) is 49.6 Å². The van der Waals surface area contributed by atoms with E-state index in [4.69, 9.17) is 5.73 Å². The molecular formula is C21H23N5OS. The number of carbonyl (C=O) groups excluding carboxylic acids is 1. The number of carbonyl (C=O) groups is 1. The third-order valence-corrected chi connectivity index (χ3v) is 5.90. The van der Waals surface area contributed by atoms with Crippen LogP contribution in [-0.4, -0.2) is 33.8 Å². The molecule has 4 rings (SSSR count). The van der Waals surface area contributed by atoms with Gasteiger partial charge in [-0.2, -0.15) is 0 Å². The first kappa shape index (κ1) is 18.6. The first-order valence-electron chi connectivity index (χ1n) is 9.41. The molecule has 0 radical (unpaired) electrons. The quantitative estimate of drug-likeness (QED) is 0.648. The Morgan fingerprint density at radius 1 is 1.04 bits per heavy atom. The van der Waals surface area contributed by atoms with Crippen molar-refractivity contribution in [2.24, 2.45) is 5.73 Å². The predicted molar refractivity (Wildman–Crippen MR) is 112 cm³/mol. The Morgan fingerprint density at radius 3 is 2.36 bits per heavy atom. The van der Waals surface area contributed by atoms with Crippen LogP contribution in [-0.2, 0) is 5.75 Å². The Kier molecular flexibility index (Phi) is 5.34. The van der Waals surface area contributed by atoms with E-state index in [-0.39, 0.29) is 0 Å². The average molecular weight is 394 g/mol. The van der Waals surface area contributed by atoms with Gasteiger partial charge in [-0.3, -0.25) is 9.36 Å². The zero-order chi connectivity index (χ0) is 19.5. The van der Waals surface area contributed by atoms with Crippen LogP contribution in [0, 0.1) is 6.92 Å². The minimum Gasteiger partial charge on any atom is -0.366 e. The maximum absolute atomic E-state index is 11.2. The van der Waals surface area contributed by atoms with E-state index in [9.17, 15) is 4.79 Å². The van der Waals surface area contributed by atoms with E-state index in [0.717, 1.165) is 41.2 Å². The van der Waals surface area contributed by atoms with E-state index in [1.54, 1.807) is 23.9 Å². The second-order valence-corrected chi connectivity index (χ2v) is 7.94. The molecule has 1 aliphatic heterocycles. The van der Waals surface area contributed by atoms with E-state index in [2.05, 4.69) is 50.9 Å². The molecule has 0 bridgehead atoms. The van der Waals surface area contributed by atoms with Crippen LogP contribution in [0.2, 0.25) is 0 Å². The summed E-state index contributed by atoms with van der Waals surface area (Å²) in [5, 5.41) is 9.85. The Balaban J connectivity index is 1.61. The Labute approximate surface area is 168 Å². The Bertz CT molecular complexity index is 959. The molecule has 1 aliphatic rings. The highest BCUT2D eigenvalue weighted by Gasteiger charge is 2.22. The SMILES string of the molecule is Cc1ccc(-n2c(SCc3ccc(C(N)=O)cc3)nnc2N2CCCC2)cc1. The molecule has 144 valence electrons. The lowest BCUT2D eigenvalue weighted by molar-refractivity contribution is 0.100. The fourth-order valence-corrected chi connectivity index (χ4v) is 4.21. The van der Waals surface area contributed by atoms with Crippen LogP contribution in [0.15, 0.2) is 53.7 Å². The fourth-order valence-electron chi connectivity index (χ4n) is 3.31. The van der Waals surface area contributed by atoms with Gasteiger partial charge in [0.05, 0.1) is 5.69 Å². The molecule has 6 nitrogen and oxygen atoms in total. The van der Waals surface area contributed by atoms with Crippen molar-refractivity contribution in [3.05, 3.63) is 65.2 Å². The van der Waals surface area contributed by atoms with Gasteiger partial charge in [0.2, 0.25) is 11.9 Å². The molecule has 0 saturated carbocycles. The van der Waals surface area contributed by atoms with E-state index in [1.165, 1.54) is 18.4 Å². The third kappa shape index (κ3) is 3.89. The van der Waals surface area contributed by atoms with Crippen molar-refractivity contribution in [1.82, 2.24) is 14.8 Å². The summed E-state index contributed by atoms with van der Waals surface area (Å²) < 4.78 is 2.15. The number of hydrogen-bond acceptors (Lipinski definition) is 5. The summed E-state index contributed by atoms with van der Waals surface area (Å²) in [5.74, 6) is 1.24. The van der Waals surface area contributed by atoms with Gasteiger partial charge in [0.15, 0.2) is 5.16 Å². The van der Waals surface area contributed by atoms with Crippen LogP contribution in [0.3, 0.4) is 0 Å². The van der Waals surface area contributed by atoms with Crippen molar-refractivity contribution in [3.63, 3.8) is 0 Å². The highest BCUT2D eigenvalue weighted by atomic mass is 32.2. The molecule has 0 unspecified atom stereocenters. The molecule has 1 amide bonds. The first-order chi connectivity index (χ1) is 13.6. The number of nitrogens with zero attached hydrogens (tertiary/aromatic N) is 4. The zero-order valence-corrected chi connectivity index (χ0v) is 16.7. The molecule has 1 saturated heterocycles. The van der Waals surface area contributed by atoms with Gasteiger partial charge in [0.1, 0.15) is 0 Å². The summed E-state index contributed by atoms with van der Waals surface area (Å²) in [6, 6.07) is 15.8. The van der Waals surface area contributed by atoms with Crippen molar-refractivity contribution >= 4 is 23.6 Å². The number of rotatable bonds is 6. The lowest BCUT2D eigenvalue weighted by atomic mass is 10.1. The average Bonchev–Trinajstić information content (AvgIpc) is 3.37. The minimum absolute atomic E-state index is 0.409. The van der Waals surface area contributed by atoms with Crippen molar-refractivity contribution in [3.8, 4) is 5.69 Å². The fraction of sp³-hybridized carbons (Fsp3) is 0.286. The van der Waals surface area contributed by atoms with E-state index in [0.29, 0.717) is 5.56 Å². The summed E-state index contributed by atoms with van der Waals surface area (Å²) >= 11 is 1.64. The molecular weight excluding hydrogens is 370 g/mol. The number of hydrogen-bond donors (Lipinski definition) is 1. The summed E-state index contributed by atoms with van der Waals surface area (Å²) in [4.78, 5) is 13.5. The summed E-state index contributed by atoms with van der Waals surface area (Å²) in [6.07, 6.45) is 2.38. The van der Waals surface area contributed by atoms with Crippen LogP contribution in [0.1, 0.15) is 34.3 Å². The van der Waals surface area contributed by atoms with Crippen molar-refractivity contribution in [1.29, 1.82) is 0 Å². The molecule has 28 heavy (non-hydrogen) atoms. The molecule has 1 aromatic heterocycles. The van der Waals surface area contributed by atoms with E-state index >= 15 is 0 Å². The van der Waals surface area contributed by atoms with Crippen LogP contribution in [0.4, 0.5) is 5.95 Å². The highest BCUT2D eigenvalue weighted by Crippen LogP contribution is 2.30. The molecule has 2 heterocycles. The second-order valence-electron chi connectivity index (χ2n) is 7.00. The molecule has 0 spiro atoms. The monoisotopic (exact) mass is 393 g/mol. The summed E-state index contributed by atoms with van der Waals surface area (Å²) in [5.41, 5.74) is 9.24. The number of amides is 1. The van der Waals surface area contributed by atoms with Gasteiger partial charge in [-0.25, -0.2) is 0 Å². The van der Waals surface area contributed by atoms with Crippen LogP contribution >= 0.6 is 11.8 Å². The lowest BCUT2D eigenvalue weighted by Crippen LogP contribution is -2.22. The summed E-state index contributed by atoms with van der Waals surface area (Å²) in [7, 11) is 0. The molecule has 0 aliphatic carbocycles. The number of anilines is 1. The van der Waals surface area contributed by atoms with Crippen molar-refractivity contribution in [2.45, 2.75) is 30.7 Å². The Morgan fingerprint density at radius 2 is 1.71 bits per heavy atom. The largest absolute Gasteiger partial charge is 0.366 e. The highest BCUT2D eigenvalue weighted by molar-refractivity contribution is 7.98. The third-order valence-electron chi connectivity index (χ3n) is 4.90. The first-order valence-corrected chi connectivity index (χ1v) is 10.4. The zero-order valence-electron chi connectivity index (χ0n) is 15.8. The molecule has 2 N–H and O–H groups in total. The molecule has 3 aromatic rings. The van der Waals surface area contributed by atoms with Gasteiger partial charge in [0.25, 0.3) is 0 Å². The Hall–Kier alpha value is -2.80. The van der Waals surface area contributed by atoms with Gasteiger partial charge < -0.3 is 10.6 Å². The maximum atomic E-state index is 11.2. The van der Waals surface area contributed by atoms with Crippen LogP contribution in [0.5, 0.6) is 0 Å². The van der Waals surface area contributed by atoms with Crippen LogP contribution < -0.4 is 10.6 Å². The summed E-state index contributed by atoms with van der Waals surface area (Å²) in [6.45, 7) is 4.12. The van der Waals surface area contributed by atoms with Gasteiger partial charge in [-0.1, -0.05) is 41.6 Å². The number of benzene rings is 2. The second kappa shape index (κ2) is 8.06.